The van der Waals surface area contributed by atoms with Crippen LogP contribution in [0.25, 0.3) is 0 Å². The number of hydrogen-bond acceptors (Lipinski definition) is 5. The van der Waals surface area contributed by atoms with Crippen LogP contribution in [0.4, 0.5) is 0 Å². The van der Waals surface area contributed by atoms with Crippen molar-refractivity contribution in [2.75, 3.05) is 19.7 Å². The Hall–Kier alpha value is -1.84. The zero-order valence-electron chi connectivity index (χ0n) is 17.5. The number of ether oxygens (including phenoxy) is 1. The molecule has 3 rings (SSSR count). The summed E-state index contributed by atoms with van der Waals surface area (Å²) in [7, 11) is 0. The average molecular weight is 513 g/mol. The van der Waals surface area contributed by atoms with Crippen LogP contribution in [-0.2, 0) is 13.0 Å². The third-order valence-electron chi connectivity index (χ3n) is 4.53. The first-order valence-corrected chi connectivity index (χ1v) is 10.2. The lowest BCUT2D eigenvalue weighted by molar-refractivity contribution is 0.297. The number of benzene rings is 1. The zero-order chi connectivity index (χ0) is 19.8. The van der Waals surface area contributed by atoms with Gasteiger partial charge in [0.2, 0.25) is 5.89 Å². The van der Waals surface area contributed by atoms with Gasteiger partial charge in [-0.3, -0.25) is 0 Å². The molecule has 2 N–H and O–H groups in total. The molecular formula is C21H32IN5O2. The van der Waals surface area contributed by atoms with Crippen molar-refractivity contribution in [1.29, 1.82) is 0 Å². The van der Waals surface area contributed by atoms with Crippen LogP contribution in [0.5, 0.6) is 5.75 Å². The number of para-hydroxylation sites is 1. The number of guanidine groups is 1. The number of halogens is 1. The Kier molecular flexibility index (Phi) is 9.69. The van der Waals surface area contributed by atoms with Crippen LogP contribution < -0.4 is 15.4 Å². The zero-order valence-corrected chi connectivity index (χ0v) is 19.8. The van der Waals surface area contributed by atoms with Gasteiger partial charge in [0, 0.05) is 31.0 Å². The molecule has 1 aliphatic rings. The number of nitrogens with zero attached hydrogens (tertiary/aromatic N) is 3. The van der Waals surface area contributed by atoms with Gasteiger partial charge in [-0.2, -0.15) is 4.98 Å². The first-order chi connectivity index (χ1) is 13.7. The van der Waals surface area contributed by atoms with E-state index in [1.54, 1.807) is 0 Å². The highest BCUT2D eigenvalue weighted by molar-refractivity contribution is 14.0. The van der Waals surface area contributed by atoms with Gasteiger partial charge in [0.25, 0.3) is 0 Å². The van der Waals surface area contributed by atoms with Crippen LogP contribution in [0.1, 0.15) is 56.8 Å². The van der Waals surface area contributed by atoms with E-state index in [9.17, 15) is 0 Å². The summed E-state index contributed by atoms with van der Waals surface area (Å²) in [6, 6.07) is 8.13. The van der Waals surface area contributed by atoms with Crippen molar-refractivity contribution in [1.82, 2.24) is 20.8 Å². The molecular weight excluding hydrogens is 481 g/mol. The molecule has 7 nitrogen and oxygen atoms in total. The second-order valence-corrected chi connectivity index (χ2v) is 7.44. The SMILES string of the molecule is CCNC(=NCc1ccccc1OCC1CC1)NCCc1nc(C(C)C)no1.I. The molecule has 0 atom stereocenters. The van der Waals surface area contributed by atoms with Crippen molar-refractivity contribution in [3.8, 4) is 5.75 Å². The van der Waals surface area contributed by atoms with Crippen LogP contribution in [0.15, 0.2) is 33.8 Å². The summed E-state index contributed by atoms with van der Waals surface area (Å²) in [4.78, 5) is 9.10. The number of nitrogens with one attached hydrogen (secondary N) is 2. The molecule has 0 amide bonds. The lowest BCUT2D eigenvalue weighted by Crippen LogP contribution is -2.38. The highest BCUT2D eigenvalue weighted by atomic mass is 127. The van der Waals surface area contributed by atoms with Crippen molar-refractivity contribution in [2.45, 2.75) is 52.5 Å². The van der Waals surface area contributed by atoms with Crippen molar-refractivity contribution < 1.29 is 9.26 Å². The van der Waals surface area contributed by atoms with Gasteiger partial charge >= 0.3 is 0 Å². The van der Waals surface area contributed by atoms with Crippen LogP contribution >= 0.6 is 24.0 Å². The maximum absolute atomic E-state index is 5.98. The second-order valence-electron chi connectivity index (χ2n) is 7.44. The molecule has 0 aliphatic heterocycles. The largest absolute Gasteiger partial charge is 0.493 e. The molecule has 0 unspecified atom stereocenters. The average Bonchev–Trinajstić information content (AvgIpc) is 3.40. The van der Waals surface area contributed by atoms with Crippen LogP contribution in [0.3, 0.4) is 0 Å². The predicted molar refractivity (Wildman–Crippen MR) is 125 cm³/mol. The predicted octanol–water partition coefficient (Wildman–Crippen LogP) is 3.90. The Labute approximate surface area is 190 Å². The van der Waals surface area contributed by atoms with Crippen LogP contribution in [0, 0.1) is 5.92 Å². The summed E-state index contributed by atoms with van der Waals surface area (Å²) in [6.45, 7) is 8.99. The monoisotopic (exact) mass is 513 g/mol. The second kappa shape index (κ2) is 12.0. The topological polar surface area (TPSA) is 84.6 Å². The maximum atomic E-state index is 5.98. The summed E-state index contributed by atoms with van der Waals surface area (Å²) < 4.78 is 11.3. The van der Waals surface area contributed by atoms with E-state index >= 15 is 0 Å². The van der Waals surface area contributed by atoms with E-state index < -0.39 is 0 Å². The number of hydrogen-bond donors (Lipinski definition) is 2. The summed E-state index contributed by atoms with van der Waals surface area (Å²) in [5.74, 6) is 4.09. The first-order valence-electron chi connectivity index (χ1n) is 10.2. The van der Waals surface area contributed by atoms with Gasteiger partial charge in [-0.05, 0) is 31.7 Å². The van der Waals surface area contributed by atoms with Crippen molar-refractivity contribution >= 4 is 29.9 Å². The molecule has 1 saturated carbocycles. The standard InChI is InChI=1S/C21H31N5O2.HI/c1-4-22-21(23-12-11-19-25-20(15(2)3)26-28-19)24-13-17-7-5-6-8-18(17)27-14-16-9-10-16;/h5-8,15-16H,4,9-14H2,1-3H3,(H2,22,23,24);1H. The third-order valence-corrected chi connectivity index (χ3v) is 4.53. The molecule has 160 valence electrons. The fraction of sp³-hybridized carbons (Fsp3) is 0.571. The minimum atomic E-state index is 0. The van der Waals surface area contributed by atoms with E-state index in [0.29, 0.717) is 25.4 Å². The molecule has 0 bridgehead atoms. The van der Waals surface area contributed by atoms with Gasteiger partial charge in [-0.1, -0.05) is 37.2 Å². The van der Waals surface area contributed by atoms with Gasteiger partial charge in [0.15, 0.2) is 11.8 Å². The minimum Gasteiger partial charge on any atom is -0.493 e. The number of aromatic nitrogens is 2. The highest BCUT2D eigenvalue weighted by Crippen LogP contribution is 2.30. The highest BCUT2D eigenvalue weighted by Gasteiger charge is 2.22. The fourth-order valence-electron chi connectivity index (χ4n) is 2.67. The summed E-state index contributed by atoms with van der Waals surface area (Å²) in [5, 5.41) is 10.6. The molecule has 1 aromatic heterocycles. The smallest absolute Gasteiger partial charge is 0.228 e. The number of aliphatic imine (C=N–C) groups is 1. The lowest BCUT2D eigenvalue weighted by Gasteiger charge is -2.12. The Morgan fingerprint density at radius 3 is 2.76 bits per heavy atom. The van der Waals surface area contributed by atoms with Gasteiger partial charge in [0.05, 0.1) is 13.2 Å². The van der Waals surface area contributed by atoms with Crippen LogP contribution in [0.2, 0.25) is 0 Å². The molecule has 8 heteroatoms. The molecule has 1 aliphatic carbocycles. The maximum Gasteiger partial charge on any atom is 0.228 e. The van der Waals surface area contributed by atoms with Gasteiger partial charge in [-0.25, -0.2) is 4.99 Å². The first kappa shape index (κ1) is 23.4. The van der Waals surface area contributed by atoms with Gasteiger partial charge < -0.3 is 19.9 Å². The summed E-state index contributed by atoms with van der Waals surface area (Å²) in [5.41, 5.74) is 1.10. The normalized spacial score (nSPS) is 13.9. The summed E-state index contributed by atoms with van der Waals surface area (Å²) in [6.07, 6.45) is 3.23. The van der Waals surface area contributed by atoms with Gasteiger partial charge in [-0.15, -0.1) is 24.0 Å². The fourth-order valence-corrected chi connectivity index (χ4v) is 2.67. The molecule has 0 spiro atoms. The van der Waals surface area contributed by atoms with Crippen molar-refractivity contribution in [3.63, 3.8) is 0 Å². The Morgan fingerprint density at radius 2 is 2.07 bits per heavy atom. The van der Waals surface area contributed by atoms with E-state index in [0.717, 1.165) is 42.2 Å². The quantitative estimate of drug-likeness (QED) is 0.285. The van der Waals surface area contributed by atoms with E-state index in [4.69, 9.17) is 14.3 Å². The van der Waals surface area contributed by atoms with E-state index in [1.807, 2.05) is 18.2 Å². The molecule has 0 saturated heterocycles. The molecule has 0 radical (unpaired) electrons. The van der Waals surface area contributed by atoms with E-state index in [2.05, 4.69) is 47.6 Å². The Balaban J connectivity index is 0.00000300. The molecule has 1 heterocycles. The van der Waals surface area contributed by atoms with Crippen molar-refractivity contribution in [3.05, 3.63) is 41.5 Å². The molecule has 29 heavy (non-hydrogen) atoms. The van der Waals surface area contributed by atoms with Crippen LogP contribution in [-0.4, -0.2) is 35.8 Å². The lowest BCUT2D eigenvalue weighted by atomic mass is 10.2. The van der Waals surface area contributed by atoms with Gasteiger partial charge in [0.1, 0.15) is 5.75 Å². The third kappa shape index (κ3) is 7.83. The molecule has 1 fully saturated rings. The summed E-state index contributed by atoms with van der Waals surface area (Å²) >= 11 is 0. The Bertz CT molecular complexity index is 774. The molecule has 1 aromatic carbocycles. The Morgan fingerprint density at radius 1 is 1.28 bits per heavy atom. The van der Waals surface area contributed by atoms with E-state index in [1.165, 1.54) is 12.8 Å². The van der Waals surface area contributed by atoms with E-state index in [-0.39, 0.29) is 29.9 Å². The number of rotatable bonds is 10. The minimum absolute atomic E-state index is 0. The van der Waals surface area contributed by atoms with Crippen molar-refractivity contribution in [2.24, 2.45) is 10.9 Å². The molecule has 2 aromatic rings.